The van der Waals surface area contributed by atoms with Gasteiger partial charge < -0.3 is 9.67 Å². The van der Waals surface area contributed by atoms with Crippen molar-refractivity contribution in [3.63, 3.8) is 0 Å². The summed E-state index contributed by atoms with van der Waals surface area (Å²) in [6.07, 6.45) is 0.519. The molecule has 2 aromatic carbocycles. The van der Waals surface area contributed by atoms with Crippen LogP contribution in [0, 0.1) is 13.8 Å². The largest absolute Gasteiger partial charge is 0.477 e. The van der Waals surface area contributed by atoms with E-state index < -0.39 is 11.4 Å². The lowest BCUT2D eigenvalue weighted by Crippen LogP contribution is -2.23. The van der Waals surface area contributed by atoms with E-state index in [1.54, 1.807) is 18.2 Å². The summed E-state index contributed by atoms with van der Waals surface area (Å²) in [5.74, 6) is -1.27. The third kappa shape index (κ3) is 4.24. The third-order valence-corrected chi connectivity index (χ3v) is 5.74. The van der Waals surface area contributed by atoms with Gasteiger partial charge in [-0.25, -0.2) is 4.79 Å². The maximum Gasteiger partial charge on any atom is 0.341 e. The molecule has 6 heteroatoms. The molecule has 1 N–H and O–H groups in total. The predicted molar refractivity (Wildman–Crippen MR) is 118 cm³/mol. The highest BCUT2D eigenvalue weighted by atomic mass is 35.5. The molecule has 1 aromatic heterocycles. The number of nitrogens with zero attached hydrogens (tertiary/aromatic N) is 1. The first-order valence-corrected chi connectivity index (χ1v) is 10.00. The molecule has 0 aliphatic carbocycles. The first-order chi connectivity index (χ1) is 13.7. The van der Waals surface area contributed by atoms with Crippen molar-refractivity contribution >= 4 is 29.2 Å². The Balaban J connectivity index is 2.30. The van der Waals surface area contributed by atoms with Crippen LogP contribution in [0.2, 0.25) is 10.0 Å². The molecule has 0 bridgehead atoms. The van der Waals surface area contributed by atoms with Gasteiger partial charge in [0, 0.05) is 30.3 Å². The molecule has 0 radical (unpaired) electrons. The quantitative estimate of drug-likeness (QED) is 0.561. The van der Waals surface area contributed by atoms with Crippen LogP contribution in [0.3, 0.4) is 0 Å². The highest BCUT2D eigenvalue weighted by molar-refractivity contribution is 6.42. The summed E-state index contributed by atoms with van der Waals surface area (Å²) in [6.45, 7) is 6.46. The summed E-state index contributed by atoms with van der Waals surface area (Å²) in [7, 11) is 0. The summed E-state index contributed by atoms with van der Waals surface area (Å²) >= 11 is 12.2. The number of rotatable bonds is 5. The highest BCUT2D eigenvalue weighted by Crippen LogP contribution is 2.31. The Kier molecular flexibility index (Phi) is 6.15. The van der Waals surface area contributed by atoms with Crippen molar-refractivity contribution in [2.75, 3.05) is 0 Å². The minimum Gasteiger partial charge on any atom is -0.477 e. The van der Waals surface area contributed by atoms with Crippen molar-refractivity contribution < 1.29 is 9.90 Å². The van der Waals surface area contributed by atoms with Gasteiger partial charge in [-0.1, -0.05) is 53.0 Å². The van der Waals surface area contributed by atoms with E-state index in [-0.39, 0.29) is 5.56 Å². The second-order valence-electron chi connectivity index (χ2n) is 7.01. The molecule has 0 unspecified atom stereocenters. The van der Waals surface area contributed by atoms with Crippen LogP contribution in [0.4, 0.5) is 0 Å². The molecule has 3 aromatic rings. The Bertz CT molecular complexity index is 1170. The number of hydrogen-bond donors (Lipinski definition) is 1. The molecule has 3 rings (SSSR count). The van der Waals surface area contributed by atoms with Crippen LogP contribution in [0.15, 0.2) is 47.3 Å². The molecule has 0 aliphatic rings. The van der Waals surface area contributed by atoms with E-state index in [1.807, 2.05) is 37.5 Å². The number of benzene rings is 2. The minimum atomic E-state index is -1.27. The minimum absolute atomic E-state index is 0.269. The van der Waals surface area contributed by atoms with Crippen molar-refractivity contribution in [1.82, 2.24) is 4.57 Å². The molecule has 4 nitrogen and oxygen atoms in total. The Morgan fingerprint density at radius 1 is 1.03 bits per heavy atom. The zero-order chi connectivity index (χ0) is 21.3. The number of carboxylic acids is 1. The fourth-order valence-corrected chi connectivity index (χ4v) is 3.84. The number of pyridine rings is 1. The standard InChI is InChI=1S/C23H21Cl2NO3/c1-4-26-17(10-16-9-13(2)5-6-14(16)3)12-20(27)21(23(28)29)22(26)15-7-8-18(24)19(25)11-15/h5-9,11-12H,4,10H2,1-3H3,(H,28,29). The van der Waals surface area contributed by atoms with Crippen LogP contribution in [0.1, 0.15) is 39.7 Å². The van der Waals surface area contributed by atoms with Gasteiger partial charge in [0.2, 0.25) is 0 Å². The number of hydrogen-bond acceptors (Lipinski definition) is 2. The maximum atomic E-state index is 12.8. The summed E-state index contributed by atoms with van der Waals surface area (Å²) in [4.78, 5) is 24.7. The van der Waals surface area contributed by atoms with Gasteiger partial charge in [0.1, 0.15) is 5.56 Å². The van der Waals surface area contributed by atoms with Gasteiger partial charge in [-0.3, -0.25) is 4.79 Å². The second kappa shape index (κ2) is 8.44. The number of halogens is 2. The Labute approximate surface area is 179 Å². The van der Waals surface area contributed by atoms with Gasteiger partial charge in [-0.2, -0.15) is 0 Å². The summed E-state index contributed by atoms with van der Waals surface area (Å²) in [5, 5.41) is 10.4. The summed E-state index contributed by atoms with van der Waals surface area (Å²) in [6, 6.07) is 12.5. The first kappa shape index (κ1) is 21.2. The Morgan fingerprint density at radius 2 is 1.76 bits per heavy atom. The fourth-order valence-electron chi connectivity index (χ4n) is 3.54. The molecule has 1 heterocycles. The zero-order valence-electron chi connectivity index (χ0n) is 16.4. The number of aryl methyl sites for hydroxylation is 2. The molecule has 150 valence electrons. The van der Waals surface area contributed by atoms with Crippen molar-refractivity contribution in [3.8, 4) is 11.3 Å². The van der Waals surface area contributed by atoms with E-state index in [2.05, 4.69) is 6.07 Å². The number of carbonyl (C=O) groups is 1. The number of carboxylic acid groups (broad SMARTS) is 1. The Morgan fingerprint density at radius 3 is 2.38 bits per heavy atom. The van der Waals surface area contributed by atoms with Crippen LogP contribution in [0.5, 0.6) is 0 Å². The zero-order valence-corrected chi connectivity index (χ0v) is 17.9. The summed E-state index contributed by atoms with van der Waals surface area (Å²) < 4.78 is 1.87. The van der Waals surface area contributed by atoms with Gasteiger partial charge in [0.15, 0.2) is 5.43 Å². The Hall–Kier alpha value is -2.56. The number of aromatic carboxylic acids is 1. The van der Waals surface area contributed by atoms with Crippen LogP contribution >= 0.6 is 23.2 Å². The van der Waals surface area contributed by atoms with E-state index in [4.69, 9.17) is 23.2 Å². The van der Waals surface area contributed by atoms with Gasteiger partial charge in [-0.05, 0) is 44.0 Å². The molecule has 0 atom stereocenters. The number of aromatic nitrogens is 1. The van der Waals surface area contributed by atoms with Crippen LogP contribution in [-0.4, -0.2) is 15.6 Å². The predicted octanol–water partition coefficient (Wildman–Crippen LogP) is 5.75. The van der Waals surface area contributed by atoms with E-state index in [0.29, 0.717) is 34.3 Å². The molecular weight excluding hydrogens is 409 g/mol. The van der Waals surface area contributed by atoms with Crippen LogP contribution in [-0.2, 0) is 13.0 Å². The van der Waals surface area contributed by atoms with Crippen molar-refractivity contribution in [2.24, 2.45) is 0 Å². The third-order valence-electron chi connectivity index (χ3n) is 5.00. The van der Waals surface area contributed by atoms with Crippen LogP contribution < -0.4 is 5.43 Å². The lowest BCUT2D eigenvalue weighted by molar-refractivity contribution is 0.0695. The van der Waals surface area contributed by atoms with Crippen LogP contribution in [0.25, 0.3) is 11.3 Å². The monoisotopic (exact) mass is 429 g/mol. The molecule has 0 fully saturated rings. The topological polar surface area (TPSA) is 59.3 Å². The lowest BCUT2D eigenvalue weighted by Gasteiger charge is -2.20. The van der Waals surface area contributed by atoms with E-state index in [0.717, 1.165) is 22.4 Å². The smallest absolute Gasteiger partial charge is 0.341 e. The molecule has 0 saturated carbocycles. The fraction of sp³-hybridized carbons (Fsp3) is 0.217. The van der Waals surface area contributed by atoms with Crippen molar-refractivity contribution in [1.29, 1.82) is 0 Å². The van der Waals surface area contributed by atoms with Crippen molar-refractivity contribution in [3.05, 3.63) is 90.7 Å². The SMILES string of the molecule is CCn1c(Cc2cc(C)ccc2C)cc(=O)c(C(=O)O)c1-c1ccc(Cl)c(Cl)c1. The van der Waals surface area contributed by atoms with Gasteiger partial charge in [-0.15, -0.1) is 0 Å². The van der Waals surface area contributed by atoms with Crippen molar-refractivity contribution in [2.45, 2.75) is 33.7 Å². The van der Waals surface area contributed by atoms with Gasteiger partial charge in [0.05, 0.1) is 15.7 Å². The molecule has 0 spiro atoms. The molecular formula is C23H21Cl2NO3. The summed E-state index contributed by atoms with van der Waals surface area (Å²) in [5.41, 5.74) is 4.17. The average Bonchev–Trinajstić information content (AvgIpc) is 2.66. The van der Waals surface area contributed by atoms with E-state index in [1.165, 1.54) is 6.07 Å². The first-order valence-electron chi connectivity index (χ1n) is 9.24. The molecule has 0 aliphatic heterocycles. The highest BCUT2D eigenvalue weighted by Gasteiger charge is 2.22. The van der Waals surface area contributed by atoms with E-state index >= 15 is 0 Å². The molecule has 0 amide bonds. The average molecular weight is 430 g/mol. The van der Waals surface area contributed by atoms with E-state index in [9.17, 15) is 14.7 Å². The second-order valence-corrected chi connectivity index (χ2v) is 7.82. The van der Waals surface area contributed by atoms with Gasteiger partial charge in [0.25, 0.3) is 0 Å². The lowest BCUT2D eigenvalue weighted by atomic mass is 9.98. The maximum absolute atomic E-state index is 12.8. The normalized spacial score (nSPS) is 10.9. The van der Waals surface area contributed by atoms with Gasteiger partial charge >= 0.3 is 5.97 Å². The molecule has 0 saturated heterocycles. The molecule has 29 heavy (non-hydrogen) atoms.